The van der Waals surface area contributed by atoms with Gasteiger partial charge in [0, 0.05) is 24.2 Å². The van der Waals surface area contributed by atoms with Crippen LogP contribution in [0.2, 0.25) is 0 Å². The second-order valence-electron chi connectivity index (χ2n) is 7.90. The Hall–Kier alpha value is -4.44. The molecule has 7 heteroatoms. The number of nitriles is 1. The predicted molar refractivity (Wildman–Crippen MR) is 132 cm³/mol. The van der Waals surface area contributed by atoms with Crippen molar-refractivity contribution in [3.05, 3.63) is 104 Å². The van der Waals surface area contributed by atoms with Crippen LogP contribution in [-0.2, 0) is 11.2 Å². The first-order chi connectivity index (χ1) is 16.3. The number of anilines is 1. The number of carbonyl (C=O) groups excluding carboxylic acids is 1. The third kappa shape index (κ3) is 6.30. The molecule has 0 aliphatic carbocycles. The van der Waals surface area contributed by atoms with Gasteiger partial charge < -0.3 is 10.1 Å². The van der Waals surface area contributed by atoms with Crippen LogP contribution in [0, 0.1) is 35.3 Å². The maximum absolute atomic E-state index is 12.6. The average Bonchev–Trinajstić information content (AvgIpc) is 2.78. The first kappa shape index (κ1) is 24.2. The van der Waals surface area contributed by atoms with Crippen LogP contribution in [-0.4, -0.2) is 17.4 Å². The molecule has 0 fully saturated rings. The number of benzene rings is 3. The number of carbonyl (C=O) groups is 1. The molecule has 3 aromatic carbocycles. The van der Waals surface area contributed by atoms with E-state index in [-0.39, 0.29) is 16.9 Å². The van der Waals surface area contributed by atoms with E-state index >= 15 is 0 Å². The molecule has 0 saturated heterocycles. The Kier molecular flexibility index (Phi) is 7.78. The van der Waals surface area contributed by atoms with Gasteiger partial charge in [0.15, 0.2) is 0 Å². The zero-order chi connectivity index (χ0) is 24.7. The second kappa shape index (κ2) is 10.9. The number of aryl methyl sites for hydroxylation is 2. The highest BCUT2D eigenvalue weighted by Gasteiger charge is 2.13. The molecule has 3 aromatic rings. The summed E-state index contributed by atoms with van der Waals surface area (Å²) in [6.07, 6.45) is 2.16. The van der Waals surface area contributed by atoms with Gasteiger partial charge >= 0.3 is 0 Å². The topological polar surface area (TPSA) is 105 Å². The summed E-state index contributed by atoms with van der Waals surface area (Å²) < 4.78 is 5.84. The van der Waals surface area contributed by atoms with Gasteiger partial charge in [0.05, 0.1) is 11.5 Å². The van der Waals surface area contributed by atoms with Crippen LogP contribution in [0.15, 0.2) is 66.2 Å². The molecule has 0 atom stereocenters. The van der Waals surface area contributed by atoms with Crippen molar-refractivity contribution in [2.45, 2.75) is 27.2 Å². The van der Waals surface area contributed by atoms with Crippen molar-refractivity contribution in [1.29, 1.82) is 5.26 Å². The summed E-state index contributed by atoms with van der Waals surface area (Å²) in [4.78, 5) is 23.0. The molecular formula is C27H25N3O4. The van der Waals surface area contributed by atoms with Gasteiger partial charge in [-0.05, 0) is 55.7 Å². The molecule has 1 N–H and O–H groups in total. The summed E-state index contributed by atoms with van der Waals surface area (Å²) in [7, 11) is 0. The predicted octanol–water partition coefficient (Wildman–Crippen LogP) is 5.75. The quantitative estimate of drug-likeness (QED) is 0.202. The number of hydrogen-bond acceptors (Lipinski definition) is 5. The van der Waals surface area contributed by atoms with Crippen LogP contribution in [0.4, 0.5) is 11.4 Å². The number of nitrogens with zero attached hydrogens (tertiary/aromatic N) is 2. The van der Waals surface area contributed by atoms with Crippen molar-refractivity contribution < 1.29 is 14.5 Å². The molecule has 0 unspecified atom stereocenters. The molecule has 0 bridgehead atoms. The maximum atomic E-state index is 12.6. The number of nitrogens with one attached hydrogen (secondary N) is 1. The normalized spacial score (nSPS) is 10.9. The molecule has 172 valence electrons. The van der Waals surface area contributed by atoms with Crippen molar-refractivity contribution in [3.63, 3.8) is 0 Å². The van der Waals surface area contributed by atoms with E-state index in [2.05, 4.69) is 37.4 Å². The molecule has 0 heterocycles. The Morgan fingerprint density at radius 2 is 1.85 bits per heavy atom. The monoisotopic (exact) mass is 455 g/mol. The van der Waals surface area contributed by atoms with Crippen molar-refractivity contribution in [2.75, 3.05) is 11.9 Å². The minimum Gasteiger partial charge on any atom is -0.494 e. The first-order valence-electron chi connectivity index (χ1n) is 10.8. The average molecular weight is 456 g/mol. The summed E-state index contributed by atoms with van der Waals surface area (Å²) in [5.74, 6) is 0.0343. The lowest BCUT2D eigenvalue weighted by Crippen LogP contribution is -2.13. The highest BCUT2D eigenvalue weighted by molar-refractivity contribution is 6.09. The maximum Gasteiger partial charge on any atom is 0.271 e. The van der Waals surface area contributed by atoms with E-state index in [1.165, 1.54) is 47.0 Å². The van der Waals surface area contributed by atoms with Gasteiger partial charge in [0.1, 0.15) is 17.4 Å². The number of rotatable bonds is 8. The van der Waals surface area contributed by atoms with Crippen molar-refractivity contribution in [1.82, 2.24) is 0 Å². The third-order valence-corrected chi connectivity index (χ3v) is 5.06. The molecule has 0 spiro atoms. The molecule has 1 amide bonds. The smallest absolute Gasteiger partial charge is 0.271 e. The molecule has 0 saturated carbocycles. The van der Waals surface area contributed by atoms with Gasteiger partial charge in [-0.3, -0.25) is 14.9 Å². The minimum atomic E-state index is -0.653. The lowest BCUT2D eigenvalue weighted by molar-refractivity contribution is -0.384. The van der Waals surface area contributed by atoms with Gasteiger partial charge in [-0.2, -0.15) is 5.26 Å². The molecule has 0 aliphatic rings. The molecule has 7 nitrogen and oxygen atoms in total. The minimum absolute atomic E-state index is 0.129. The molecule has 3 rings (SSSR count). The molecule has 0 aliphatic heterocycles. The number of non-ortho nitro benzene ring substituents is 1. The SMILES string of the molecule is CCOc1cc(/C=C(\C#N)C(=O)Nc2cccc([N+](=O)[O-])c2)ccc1Cc1cc(C)cc(C)c1. The van der Waals surface area contributed by atoms with E-state index in [4.69, 9.17) is 4.74 Å². The van der Waals surface area contributed by atoms with Crippen LogP contribution in [0.25, 0.3) is 6.08 Å². The van der Waals surface area contributed by atoms with Crippen LogP contribution in [0.5, 0.6) is 5.75 Å². The van der Waals surface area contributed by atoms with E-state index in [1.807, 2.05) is 25.1 Å². The fourth-order valence-corrected chi connectivity index (χ4v) is 3.70. The summed E-state index contributed by atoms with van der Waals surface area (Å²) >= 11 is 0. The standard InChI is InChI=1S/C27H25N3O4/c1-4-34-26-15-20(8-9-22(26)14-21-11-18(2)10-19(3)12-21)13-23(17-28)27(31)29-24-6-5-7-25(16-24)30(32)33/h5-13,15-16H,4,14H2,1-3H3,(H,29,31)/b23-13+. The van der Waals surface area contributed by atoms with Gasteiger partial charge in [0.2, 0.25) is 0 Å². The van der Waals surface area contributed by atoms with E-state index in [0.29, 0.717) is 24.3 Å². The van der Waals surface area contributed by atoms with E-state index < -0.39 is 10.8 Å². The van der Waals surface area contributed by atoms with Crippen LogP contribution in [0.3, 0.4) is 0 Å². The lowest BCUT2D eigenvalue weighted by Gasteiger charge is -2.13. The molecular weight excluding hydrogens is 430 g/mol. The summed E-state index contributed by atoms with van der Waals surface area (Å²) in [5.41, 5.74) is 5.16. The van der Waals surface area contributed by atoms with E-state index in [0.717, 1.165) is 5.56 Å². The van der Waals surface area contributed by atoms with E-state index in [1.54, 1.807) is 6.07 Å². The largest absolute Gasteiger partial charge is 0.494 e. The lowest BCUT2D eigenvalue weighted by atomic mass is 9.98. The fraction of sp³-hybridized carbons (Fsp3) is 0.185. The number of nitro groups is 1. The molecule has 0 radical (unpaired) electrons. The van der Waals surface area contributed by atoms with Crippen molar-refractivity contribution in [2.24, 2.45) is 0 Å². The molecule has 34 heavy (non-hydrogen) atoms. The highest BCUT2D eigenvalue weighted by atomic mass is 16.6. The van der Waals surface area contributed by atoms with Gasteiger partial charge in [0.25, 0.3) is 11.6 Å². The van der Waals surface area contributed by atoms with Gasteiger partial charge in [-0.15, -0.1) is 0 Å². The third-order valence-electron chi connectivity index (χ3n) is 5.06. The first-order valence-corrected chi connectivity index (χ1v) is 10.8. The van der Waals surface area contributed by atoms with Gasteiger partial charge in [-0.25, -0.2) is 0 Å². The Bertz CT molecular complexity index is 1290. The van der Waals surface area contributed by atoms with Crippen LogP contribution >= 0.6 is 0 Å². The number of nitro benzene ring substituents is 1. The zero-order valence-electron chi connectivity index (χ0n) is 19.3. The summed E-state index contributed by atoms with van der Waals surface area (Å²) in [6, 6.07) is 19.4. The molecule has 0 aromatic heterocycles. The van der Waals surface area contributed by atoms with Crippen LogP contribution < -0.4 is 10.1 Å². The number of ether oxygens (including phenoxy) is 1. The van der Waals surface area contributed by atoms with Crippen molar-refractivity contribution >= 4 is 23.4 Å². The number of hydrogen-bond donors (Lipinski definition) is 1. The van der Waals surface area contributed by atoms with E-state index in [9.17, 15) is 20.2 Å². The Labute approximate surface area is 198 Å². The highest BCUT2D eigenvalue weighted by Crippen LogP contribution is 2.26. The Morgan fingerprint density at radius 1 is 1.12 bits per heavy atom. The van der Waals surface area contributed by atoms with Crippen LogP contribution in [0.1, 0.15) is 34.7 Å². The summed E-state index contributed by atoms with van der Waals surface area (Å²) in [6.45, 7) is 6.51. The summed E-state index contributed by atoms with van der Waals surface area (Å²) in [5, 5.41) is 23.0. The Morgan fingerprint density at radius 3 is 2.50 bits per heavy atom. The van der Waals surface area contributed by atoms with Gasteiger partial charge in [-0.1, -0.05) is 47.5 Å². The fourth-order valence-electron chi connectivity index (χ4n) is 3.70. The van der Waals surface area contributed by atoms with Crippen molar-refractivity contribution in [3.8, 4) is 11.8 Å². The Balaban J connectivity index is 1.85. The number of amides is 1. The second-order valence-corrected chi connectivity index (χ2v) is 7.90. The zero-order valence-corrected chi connectivity index (χ0v) is 19.3.